The van der Waals surface area contributed by atoms with Crippen LogP contribution in [-0.2, 0) is 4.79 Å². The number of rotatable bonds is 2. The average molecular weight is 175 g/mol. The van der Waals surface area contributed by atoms with Gasteiger partial charge in [-0.1, -0.05) is 12.1 Å². The molecule has 1 aromatic carbocycles. The van der Waals surface area contributed by atoms with Crippen LogP contribution in [0.5, 0.6) is 0 Å². The van der Waals surface area contributed by atoms with Crippen molar-refractivity contribution in [2.24, 2.45) is 5.92 Å². The number of hydrogen-bond donors (Lipinski definition) is 1. The number of carbonyl (C=O) groups excluding carboxylic acids is 1. The van der Waals surface area contributed by atoms with Gasteiger partial charge < -0.3 is 5.73 Å². The van der Waals surface area contributed by atoms with Crippen LogP contribution in [0.3, 0.4) is 0 Å². The Balaban J connectivity index is 2.16. The second-order valence-electron chi connectivity index (χ2n) is 3.73. The summed E-state index contributed by atoms with van der Waals surface area (Å²) in [6.45, 7) is 1.66. The Kier molecular flexibility index (Phi) is 1.83. The molecule has 1 saturated carbocycles. The Hall–Kier alpha value is -1.31. The average Bonchev–Trinajstić information content (AvgIpc) is 2.82. The van der Waals surface area contributed by atoms with Gasteiger partial charge in [-0.25, -0.2) is 0 Å². The first-order valence-corrected chi connectivity index (χ1v) is 4.54. The maximum Gasteiger partial charge on any atom is 0.133 e. The van der Waals surface area contributed by atoms with E-state index in [-0.39, 0.29) is 5.92 Å². The van der Waals surface area contributed by atoms with Gasteiger partial charge in [0.2, 0.25) is 0 Å². The lowest BCUT2D eigenvalue weighted by molar-refractivity contribution is -0.118. The molecule has 0 spiro atoms. The maximum atomic E-state index is 11.0. The molecule has 2 heteroatoms. The zero-order valence-corrected chi connectivity index (χ0v) is 7.66. The Bertz CT molecular complexity index is 346. The minimum atomic E-state index is 0.252. The number of nitrogens with two attached hydrogens (primary N) is 1. The summed E-state index contributed by atoms with van der Waals surface area (Å²) < 4.78 is 0. The van der Waals surface area contributed by atoms with Crippen molar-refractivity contribution in [3.05, 3.63) is 29.8 Å². The highest BCUT2D eigenvalue weighted by molar-refractivity contribution is 5.82. The molecule has 0 unspecified atom stereocenters. The molecular formula is C11H13NO. The van der Waals surface area contributed by atoms with Crippen molar-refractivity contribution in [2.45, 2.75) is 19.3 Å². The van der Waals surface area contributed by atoms with Gasteiger partial charge in [0.25, 0.3) is 0 Å². The van der Waals surface area contributed by atoms with Gasteiger partial charge in [-0.2, -0.15) is 0 Å². The summed E-state index contributed by atoms with van der Waals surface area (Å²) in [5.74, 6) is 0.982. The topological polar surface area (TPSA) is 43.1 Å². The number of Topliss-reactive ketones (excluding diaryl/α,β-unsaturated/α-hetero) is 1. The van der Waals surface area contributed by atoms with Gasteiger partial charge in [-0.05, 0) is 37.0 Å². The number of nitrogen functional groups attached to an aromatic ring is 1. The van der Waals surface area contributed by atoms with Gasteiger partial charge in [-0.3, -0.25) is 4.79 Å². The number of ketones is 1. The van der Waals surface area contributed by atoms with E-state index in [1.165, 1.54) is 5.56 Å². The van der Waals surface area contributed by atoms with E-state index in [1.54, 1.807) is 6.92 Å². The van der Waals surface area contributed by atoms with Crippen LogP contribution < -0.4 is 5.73 Å². The second kappa shape index (κ2) is 2.87. The fraction of sp³-hybridized carbons (Fsp3) is 0.364. The van der Waals surface area contributed by atoms with Crippen LogP contribution in [0.4, 0.5) is 5.69 Å². The molecule has 13 heavy (non-hydrogen) atoms. The fourth-order valence-corrected chi connectivity index (χ4v) is 1.80. The molecule has 0 radical (unpaired) electrons. The first-order chi connectivity index (χ1) is 6.18. The lowest BCUT2D eigenvalue weighted by Gasteiger charge is -1.99. The van der Waals surface area contributed by atoms with E-state index in [0.717, 1.165) is 12.1 Å². The third kappa shape index (κ3) is 1.57. The molecule has 2 nitrogen and oxygen atoms in total. The van der Waals surface area contributed by atoms with Crippen LogP contribution in [0.25, 0.3) is 0 Å². The summed E-state index contributed by atoms with van der Waals surface area (Å²) in [5, 5.41) is 0. The molecule has 0 amide bonds. The van der Waals surface area contributed by atoms with E-state index < -0.39 is 0 Å². The van der Waals surface area contributed by atoms with Crippen LogP contribution in [0, 0.1) is 5.92 Å². The summed E-state index contributed by atoms with van der Waals surface area (Å²) >= 11 is 0. The van der Waals surface area contributed by atoms with E-state index in [0.29, 0.717) is 11.7 Å². The predicted molar refractivity (Wildman–Crippen MR) is 52.4 cm³/mol. The molecule has 2 N–H and O–H groups in total. The SMILES string of the molecule is CC(=O)[C@@H]1C[C@H]1c1cccc(N)c1. The molecule has 2 atom stereocenters. The Labute approximate surface area is 77.8 Å². The summed E-state index contributed by atoms with van der Waals surface area (Å²) in [5.41, 5.74) is 7.65. The third-order valence-electron chi connectivity index (χ3n) is 2.65. The molecule has 1 aromatic rings. The molecule has 0 heterocycles. The van der Waals surface area contributed by atoms with Crippen molar-refractivity contribution in [1.82, 2.24) is 0 Å². The van der Waals surface area contributed by atoms with E-state index >= 15 is 0 Å². The molecule has 0 aliphatic heterocycles. The maximum absolute atomic E-state index is 11.0. The molecule has 0 saturated heterocycles. The van der Waals surface area contributed by atoms with Crippen molar-refractivity contribution < 1.29 is 4.79 Å². The molecule has 1 fully saturated rings. The summed E-state index contributed by atoms with van der Waals surface area (Å²) in [6.07, 6.45) is 0.999. The zero-order chi connectivity index (χ0) is 9.42. The van der Waals surface area contributed by atoms with Crippen LogP contribution in [0.2, 0.25) is 0 Å². The first-order valence-electron chi connectivity index (χ1n) is 4.54. The highest BCUT2D eigenvalue weighted by Crippen LogP contribution is 2.48. The molecule has 0 bridgehead atoms. The number of benzene rings is 1. The zero-order valence-electron chi connectivity index (χ0n) is 7.66. The molecule has 2 rings (SSSR count). The highest BCUT2D eigenvalue weighted by atomic mass is 16.1. The lowest BCUT2D eigenvalue weighted by Crippen LogP contribution is -1.95. The van der Waals surface area contributed by atoms with Crippen molar-refractivity contribution in [1.29, 1.82) is 0 Å². The highest BCUT2D eigenvalue weighted by Gasteiger charge is 2.41. The van der Waals surface area contributed by atoms with Gasteiger partial charge >= 0.3 is 0 Å². The molecular weight excluding hydrogens is 162 g/mol. The normalized spacial score (nSPS) is 25.6. The Morgan fingerprint density at radius 2 is 2.31 bits per heavy atom. The predicted octanol–water partition coefficient (Wildman–Crippen LogP) is 1.96. The molecule has 0 aromatic heterocycles. The smallest absolute Gasteiger partial charge is 0.133 e. The van der Waals surface area contributed by atoms with E-state index in [1.807, 2.05) is 24.3 Å². The molecule has 1 aliphatic rings. The summed E-state index contributed by atoms with van der Waals surface area (Å²) in [7, 11) is 0. The van der Waals surface area contributed by atoms with E-state index in [2.05, 4.69) is 0 Å². The fourth-order valence-electron chi connectivity index (χ4n) is 1.80. The number of hydrogen-bond acceptors (Lipinski definition) is 2. The summed E-state index contributed by atoms with van der Waals surface area (Å²) in [4.78, 5) is 11.0. The second-order valence-corrected chi connectivity index (χ2v) is 3.73. The minimum Gasteiger partial charge on any atom is -0.399 e. The van der Waals surface area contributed by atoms with Gasteiger partial charge in [0.1, 0.15) is 5.78 Å². The third-order valence-corrected chi connectivity index (χ3v) is 2.65. The monoisotopic (exact) mass is 175 g/mol. The van der Waals surface area contributed by atoms with Crippen molar-refractivity contribution in [3.63, 3.8) is 0 Å². The van der Waals surface area contributed by atoms with Crippen LogP contribution in [0.1, 0.15) is 24.8 Å². The van der Waals surface area contributed by atoms with Crippen LogP contribution in [0.15, 0.2) is 24.3 Å². The standard InChI is InChI=1S/C11H13NO/c1-7(13)10-6-11(10)8-3-2-4-9(12)5-8/h2-5,10-11H,6,12H2,1H3/t10-,11-/m0/s1. The largest absolute Gasteiger partial charge is 0.399 e. The molecule has 68 valence electrons. The summed E-state index contributed by atoms with van der Waals surface area (Å²) in [6, 6.07) is 7.83. The van der Waals surface area contributed by atoms with E-state index in [9.17, 15) is 4.79 Å². The van der Waals surface area contributed by atoms with Crippen LogP contribution >= 0.6 is 0 Å². The Morgan fingerprint density at radius 1 is 1.54 bits per heavy atom. The van der Waals surface area contributed by atoms with Gasteiger partial charge in [0, 0.05) is 11.6 Å². The van der Waals surface area contributed by atoms with Gasteiger partial charge in [-0.15, -0.1) is 0 Å². The van der Waals surface area contributed by atoms with Crippen molar-refractivity contribution in [2.75, 3.05) is 5.73 Å². The first kappa shape index (κ1) is 8.30. The van der Waals surface area contributed by atoms with Gasteiger partial charge in [0.15, 0.2) is 0 Å². The van der Waals surface area contributed by atoms with Crippen molar-refractivity contribution in [3.8, 4) is 0 Å². The minimum absolute atomic E-state index is 0.252. The van der Waals surface area contributed by atoms with Gasteiger partial charge in [0.05, 0.1) is 0 Å². The number of anilines is 1. The molecule has 1 aliphatic carbocycles. The lowest BCUT2D eigenvalue weighted by atomic mass is 10.1. The van der Waals surface area contributed by atoms with Crippen LogP contribution in [-0.4, -0.2) is 5.78 Å². The Morgan fingerprint density at radius 3 is 2.85 bits per heavy atom. The van der Waals surface area contributed by atoms with Crippen molar-refractivity contribution >= 4 is 11.5 Å². The number of carbonyl (C=O) groups is 1. The quantitative estimate of drug-likeness (QED) is 0.698. The van der Waals surface area contributed by atoms with E-state index in [4.69, 9.17) is 5.73 Å².